The minimum absolute atomic E-state index is 0.0760. The van der Waals surface area contributed by atoms with E-state index in [-0.39, 0.29) is 50.0 Å². The van der Waals surface area contributed by atoms with Crippen LogP contribution < -0.4 is 54.5 Å². The third-order valence-corrected chi connectivity index (χ3v) is 12.6. The van der Waals surface area contributed by atoms with Gasteiger partial charge in [-0.1, -0.05) is 64.1 Å². The van der Waals surface area contributed by atoms with Crippen molar-refractivity contribution in [2.75, 3.05) is 18.6 Å². The van der Waals surface area contributed by atoms with E-state index in [0.717, 1.165) is 15.9 Å². The summed E-state index contributed by atoms with van der Waals surface area (Å²) in [4.78, 5) is 144. The zero-order chi connectivity index (χ0) is 55.4. The van der Waals surface area contributed by atoms with Crippen molar-refractivity contribution < 1.29 is 47.9 Å². The number of thioether (sulfide) groups is 1. The smallest absolute Gasteiger partial charge is 0.259 e. The molecule has 0 spiro atoms. The lowest BCUT2D eigenvalue weighted by molar-refractivity contribution is -0.143. The number of H-pyrrole nitrogens is 2. The minimum Gasteiger partial charge on any atom is -0.370 e. The van der Waals surface area contributed by atoms with E-state index in [0.29, 0.717) is 17.0 Å². The van der Waals surface area contributed by atoms with Crippen LogP contribution in [0.4, 0.5) is 0 Å². The molecule has 4 aromatic rings. The molecule has 0 bridgehead atoms. The Morgan fingerprint density at radius 3 is 1.96 bits per heavy atom. The lowest BCUT2D eigenvalue weighted by Crippen LogP contribution is -2.61. The van der Waals surface area contributed by atoms with Crippen molar-refractivity contribution in [2.24, 2.45) is 29.1 Å². The minimum atomic E-state index is -1.33. The molecule has 0 radical (unpaired) electrons. The van der Waals surface area contributed by atoms with Crippen molar-refractivity contribution in [2.45, 2.75) is 115 Å². The molecule has 0 aliphatic rings. The molecule has 7 atom stereocenters. The van der Waals surface area contributed by atoms with Crippen molar-refractivity contribution >= 4 is 81.7 Å². The second-order valence-electron chi connectivity index (χ2n) is 18.7. The summed E-state index contributed by atoms with van der Waals surface area (Å²) < 4.78 is 0. The topological polar surface area (TPSA) is 381 Å². The highest BCUT2D eigenvalue weighted by molar-refractivity contribution is 7.98. The summed E-state index contributed by atoms with van der Waals surface area (Å²) in [5, 5.41) is 19.8. The Morgan fingerprint density at radius 2 is 1.33 bits per heavy atom. The maximum Gasteiger partial charge on any atom is 0.259 e. The molecule has 0 aliphatic carbocycles. The van der Waals surface area contributed by atoms with E-state index in [9.17, 15) is 47.9 Å². The molecule has 2 aromatic carbocycles. The predicted molar refractivity (Wildman–Crippen MR) is 280 cm³/mol. The molecule has 0 aliphatic heterocycles. The van der Waals surface area contributed by atoms with E-state index < -0.39 is 114 Å². The van der Waals surface area contributed by atoms with Crippen LogP contribution in [0.5, 0.6) is 0 Å². The third-order valence-electron chi connectivity index (χ3n) is 12.0. The number of para-hydroxylation sites is 1. The molecule has 0 saturated heterocycles. The Balaban J connectivity index is 1.45. The summed E-state index contributed by atoms with van der Waals surface area (Å²) in [6.45, 7) is 7.63. The van der Waals surface area contributed by atoms with Gasteiger partial charge in [-0.3, -0.25) is 53.0 Å². The average molecular weight is 1060 g/mol. The van der Waals surface area contributed by atoms with Gasteiger partial charge in [-0.15, -0.1) is 0 Å². The number of nitrogens with two attached hydrogens (primary N) is 3. The van der Waals surface area contributed by atoms with Gasteiger partial charge in [0.2, 0.25) is 47.3 Å². The summed E-state index contributed by atoms with van der Waals surface area (Å²) >= 11 is 1.43. The molecule has 4 rings (SSSR count). The molecular weight excluding hydrogens is 989 g/mol. The van der Waals surface area contributed by atoms with E-state index in [1.165, 1.54) is 31.2 Å². The van der Waals surface area contributed by atoms with Gasteiger partial charge in [0.25, 0.3) is 11.8 Å². The van der Waals surface area contributed by atoms with Crippen LogP contribution in [0, 0.1) is 11.8 Å². The molecule has 0 fully saturated rings. The fourth-order valence-corrected chi connectivity index (χ4v) is 8.34. The van der Waals surface area contributed by atoms with Gasteiger partial charge in [0.15, 0.2) is 0 Å². The predicted octanol–water partition coefficient (Wildman–Crippen LogP) is -0.688. The van der Waals surface area contributed by atoms with Crippen LogP contribution in [0.15, 0.2) is 73.3 Å². The van der Waals surface area contributed by atoms with E-state index >= 15 is 0 Å². The number of imidazole rings is 1. The van der Waals surface area contributed by atoms with Crippen LogP contribution in [0.3, 0.4) is 0 Å². The van der Waals surface area contributed by atoms with Crippen LogP contribution in [0.25, 0.3) is 10.9 Å². The van der Waals surface area contributed by atoms with Crippen LogP contribution in [-0.4, -0.2) is 140 Å². The Bertz CT molecular complexity index is 2610. The van der Waals surface area contributed by atoms with Gasteiger partial charge in [-0.2, -0.15) is 11.8 Å². The van der Waals surface area contributed by atoms with Gasteiger partial charge in [-0.25, -0.2) is 10.8 Å². The molecular formula is C50H70N14O10S. The maximum absolute atomic E-state index is 14.1. The fraction of sp³-hybridized carbons (Fsp3) is 0.460. The molecule has 2 aromatic heterocycles. The number of carbonyl (C=O) groups is 10. The Hall–Kier alpha value is -7.80. The van der Waals surface area contributed by atoms with Crippen molar-refractivity contribution in [1.29, 1.82) is 0 Å². The van der Waals surface area contributed by atoms with Gasteiger partial charge in [0.1, 0.15) is 42.3 Å². The lowest BCUT2D eigenvalue weighted by Gasteiger charge is -2.30. The third kappa shape index (κ3) is 18.6. The molecule has 10 amide bonds. The highest BCUT2D eigenvalue weighted by Crippen LogP contribution is 2.20. The summed E-state index contributed by atoms with van der Waals surface area (Å²) in [6.07, 6.45) is 5.97. The summed E-state index contributed by atoms with van der Waals surface area (Å²) in [7, 11) is 0. The number of amides is 10. The van der Waals surface area contributed by atoms with Gasteiger partial charge < -0.3 is 58.7 Å². The number of aromatic nitrogens is 3. The average Bonchev–Trinajstić information content (AvgIpc) is 4.05. The van der Waals surface area contributed by atoms with E-state index in [1.54, 1.807) is 56.4 Å². The second kappa shape index (κ2) is 29.2. The number of hydrogen-bond acceptors (Lipinski definition) is 13. The highest BCUT2D eigenvalue weighted by atomic mass is 32.2. The van der Waals surface area contributed by atoms with E-state index in [1.807, 2.05) is 38.3 Å². The number of rotatable bonds is 30. The number of nitrogens with one attached hydrogen (secondary N) is 9. The number of benzene rings is 2. The van der Waals surface area contributed by atoms with Gasteiger partial charge in [-0.05, 0) is 73.8 Å². The SMILES string of the molecule is CSCC[C@@H](C(N)=O)N(N)C(=O)[C@H](CC(C)C)NC(=O)[C@H](Cc1cnc[nH]1)NC(=O)CNC(=O)[C@@H](NC(=O)[C@H](C)NC(=O)[C@H](Cc1c[nH]c2ccccc12)NC(=O)[C@H](CCC(N)=O)NC(=O)c1ccccc1)C(C)C. The van der Waals surface area contributed by atoms with Crippen LogP contribution in [-0.2, 0) is 56.0 Å². The lowest BCUT2D eigenvalue weighted by atomic mass is 10.0. The molecule has 15 N–H and O–H groups in total. The molecule has 75 heavy (non-hydrogen) atoms. The first-order chi connectivity index (χ1) is 35.6. The first-order valence-corrected chi connectivity index (χ1v) is 25.8. The van der Waals surface area contributed by atoms with Crippen molar-refractivity contribution in [3.05, 3.63) is 90.1 Å². The largest absolute Gasteiger partial charge is 0.370 e. The Kier molecular flexibility index (Phi) is 23.3. The van der Waals surface area contributed by atoms with E-state index in [2.05, 4.69) is 52.2 Å². The number of fused-ring (bicyclic) bond motifs is 1. The number of hydrogen-bond donors (Lipinski definition) is 12. The molecule has 25 heteroatoms. The second-order valence-corrected chi connectivity index (χ2v) is 19.7. The van der Waals surface area contributed by atoms with Crippen LogP contribution in [0.1, 0.15) is 81.9 Å². The van der Waals surface area contributed by atoms with Crippen molar-refractivity contribution in [1.82, 2.24) is 57.2 Å². The van der Waals surface area contributed by atoms with Gasteiger partial charge in [0, 0.05) is 53.8 Å². The fourth-order valence-electron chi connectivity index (χ4n) is 7.88. The number of hydrazine groups is 1. The summed E-state index contributed by atoms with van der Waals surface area (Å²) in [6, 6.07) is 6.52. The standard InChI is InChI=1S/C50H70N14O10S/c1-27(2)20-38(50(74)64(53)39(43(52)67)18-19-75-6)62-48(72)37(22-32-24-54-26-57-32)59-41(66)25-56-49(73)42(28(3)4)63-44(68)29(5)58-47(71)36(21-31-23-55-34-15-11-10-14-33(31)34)61-46(70)35(16-17-40(51)65)60-45(69)30-12-8-7-9-13-30/h7-15,23-24,26-29,35-39,42,55H,16-22,25,53H2,1-6H3,(H2,51,65)(H2,52,67)(H,54,57)(H,56,73)(H,58,71)(H,59,66)(H,60,69)(H,61,70)(H,62,72)(H,63,68)/t29-,35-,36-,37-,38-,39-,42-/m0/s1. The molecule has 24 nitrogen and oxygen atoms in total. The van der Waals surface area contributed by atoms with Crippen LogP contribution >= 0.6 is 11.8 Å². The summed E-state index contributed by atoms with van der Waals surface area (Å²) in [5.41, 5.74) is 13.1. The quantitative estimate of drug-likeness (QED) is 0.0175. The number of carbonyl (C=O) groups excluding carboxylic acids is 10. The first-order valence-electron chi connectivity index (χ1n) is 24.4. The van der Waals surface area contributed by atoms with Crippen LogP contribution in [0.2, 0.25) is 0 Å². The first kappa shape index (κ1) is 59.8. The summed E-state index contributed by atoms with van der Waals surface area (Å²) in [5.74, 6) is -1.72. The zero-order valence-corrected chi connectivity index (χ0v) is 43.7. The number of aromatic amines is 2. The highest BCUT2D eigenvalue weighted by Gasteiger charge is 2.35. The number of primary amides is 2. The van der Waals surface area contributed by atoms with Gasteiger partial charge >= 0.3 is 0 Å². The Morgan fingerprint density at radius 1 is 0.693 bits per heavy atom. The zero-order valence-electron chi connectivity index (χ0n) is 42.9. The molecule has 406 valence electrons. The monoisotopic (exact) mass is 1060 g/mol. The van der Waals surface area contributed by atoms with E-state index in [4.69, 9.17) is 17.3 Å². The van der Waals surface area contributed by atoms with Gasteiger partial charge in [0.05, 0.1) is 12.9 Å². The normalized spacial score (nSPS) is 14.0. The molecule has 2 heterocycles. The van der Waals surface area contributed by atoms with Crippen molar-refractivity contribution in [3.63, 3.8) is 0 Å². The van der Waals surface area contributed by atoms with Crippen molar-refractivity contribution in [3.8, 4) is 0 Å². The number of nitrogens with zero attached hydrogens (tertiary/aromatic N) is 2. The Labute approximate surface area is 438 Å². The molecule has 0 saturated carbocycles. The molecule has 0 unspecified atom stereocenters. The maximum atomic E-state index is 14.1.